The summed E-state index contributed by atoms with van der Waals surface area (Å²) in [5, 5.41) is 14.6. The van der Waals surface area contributed by atoms with Gasteiger partial charge >= 0.3 is 0 Å². The first kappa shape index (κ1) is 9.24. The monoisotopic (exact) mass is 218 g/mol. The quantitative estimate of drug-likeness (QED) is 0.800. The molecule has 2 unspecified atom stereocenters. The van der Waals surface area contributed by atoms with E-state index in [9.17, 15) is 5.11 Å². The number of hydrogen-bond acceptors (Lipinski definition) is 4. The number of aliphatic hydroxyl groups is 1. The molecule has 3 nitrogen and oxygen atoms in total. The molecule has 1 saturated carbocycles. The van der Waals surface area contributed by atoms with Gasteiger partial charge < -0.3 is 10.4 Å². The molecule has 2 N–H and O–H groups in total. The van der Waals surface area contributed by atoms with Crippen LogP contribution in [0.5, 0.6) is 0 Å². The van der Waals surface area contributed by atoms with Crippen LogP contribution in [0.25, 0.3) is 0 Å². The largest absolute Gasteiger partial charge is 0.391 e. The van der Waals surface area contributed by atoms with Crippen LogP contribution < -0.4 is 5.32 Å². The van der Waals surface area contributed by atoms with Gasteiger partial charge in [-0.05, 0) is 19.3 Å². The van der Waals surface area contributed by atoms with Crippen molar-refractivity contribution in [2.24, 2.45) is 0 Å². The van der Waals surface area contributed by atoms with Gasteiger partial charge in [0, 0.05) is 5.38 Å². The standard InChI is InChI=1S/C8H11ClN2OS/c9-8-11-7(4-13-8)10-5-2-1-3-6(5)12/h4-6,10,12H,1-3H2. The molecule has 1 aliphatic carbocycles. The van der Waals surface area contributed by atoms with Gasteiger partial charge in [-0.25, -0.2) is 4.98 Å². The molecule has 2 rings (SSSR count). The predicted molar refractivity (Wildman–Crippen MR) is 54.4 cm³/mol. The lowest BCUT2D eigenvalue weighted by atomic mass is 10.2. The Hall–Kier alpha value is -0.320. The number of hydrogen-bond donors (Lipinski definition) is 2. The Morgan fingerprint density at radius 2 is 2.46 bits per heavy atom. The Morgan fingerprint density at radius 3 is 3.00 bits per heavy atom. The highest BCUT2D eigenvalue weighted by Gasteiger charge is 2.25. The van der Waals surface area contributed by atoms with E-state index < -0.39 is 0 Å². The maximum absolute atomic E-state index is 9.54. The molecular formula is C8H11ClN2OS. The van der Waals surface area contributed by atoms with Gasteiger partial charge in [-0.15, -0.1) is 11.3 Å². The average molecular weight is 219 g/mol. The van der Waals surface area contributed by atoms with Gasteiger partial charge in [0.1, 0.15) is 5.82 Å². The van der Waals surface area contributed by atoms with Gasteiger partial charge in [-0.3, -0.25) is 0 Å². The van der Waals surface area contributed by atoms with Crippen molar-refractivity contribution in [3.8, 4) is 0 Å². The summed E-state index contributed by atoms with van der Waals surface area (Å²) in [4.78, 5) is 4.07. The zero-order valence-electron chi connectivity index (χ0n) is 7.03. The van der Waals surface area contributed by atoms with E-state index in [1.54, 1.807) is 0 Å². The molecule has 1 fully saturated rings. The first-order valence-corrected chi connectivity index (χ1v) is 5.57. The minimum atomic E-state index is -0.236. The maximum Gasteiger partial charge on any atom is 0.185 e. The Kier molecular flexibility index (Phi) is 2.71. The summed E-state index contributed by atoms with van der Waals surface area (Å²) in [6.45, 7) is 0. The lowest BCUT2D eigenvalue weighted by molar-refractivity contribution is 0.171. The molecule has 1 aromatic rings. The molecule has 0 radical (unpaired) electrons. The summed E-state index contributed by atoms with van der Waals surface area (Å²) in [7, 11) is 0. The second-order valence-corrected chi connectivity index (χ2v) is 4.68. The van der Waals surface area contributed by atoms with E-state index in [0.29, 0.717) is 4.47 Å². The second-order valence-electron chi connectivity index (χ2n) is 3.23. The molecule has 0 spiro atoms. The van der Waals surface area contributed by atoms with Crippen molar-refractivity contribution >= 4 is 28.8 Å². The molecule has 13 heavy (non-hydrogen) atoms. The van der Waals surface area contributed by atoms with Gasteiger partial charge in [-0.1, -0.05) is 11.6 Å². The van der Waals surface area contributed by atoms with Crippen molar-refractivity contribution in [3.05, 3.63) is 9.85 Å². The fraction of sp³-hybridized carbons (Fsp3) is 0.625. The zero-order chi connectivity index (χ0) is 9.26. The van der Waals surface area contributed by atoms with Gasteiger partial charge in [0.05, 0.1) is 12.1 Å². The van der Waals surface area contributed by atoms with E-state index >= 15 is 0 Å². The smallest absolute Gasteiger partial charge is 0.185 e. The first-order chi connectivity index (χ1) is 6.25. The van der Waals surface area contributed by atoms with Crippen LogP contribution >= 0.6 is 22.9 Å². The molecule has 1 heterocycles. The number of thiazole rings is 1. The second kappa shape index (κ2) is 3.82. The number of nitrogens with zero attached hydrogens (tertiary/aromatic N) is 1. The van der Waals surface area contributed by atoms with E-state index in [-0.39, 0.29) is 12.1 Å². The molecule has 0 aliphatic heterocycles. The summed E-state index contributed by atoms with van der Waals surface area (Å²) < 4.78 is 0.537. The van der Waals surface area contributed by atoms with Crippen LogP contribution in [0.2, 0.25) is 4.47 Å². The molecule has 0 bridgehead atoms. The molecular weight excluding hydrogens is 208 g/mol. The molecule has 72 valence electrons. The van der Waals surface area contributed by atoms with Crippen molar-refractivity contribution in [1.82, 2.24) is 4.98 Å². The minimum Gasteiger partial charge on any atom is -0.391 e. The van der Waals surface area contributed by atoms with Crippen LogP contribution in [0, 0.1) is 0 Å². The highest BCUT2D eigenvalue weighted by atomic mass is 35.5. The highest BCUT2D eigenvalue weighted by molar-refractivity contribution is 7.14. The molecule has 0 amide bonds. The molecule has 5 heteroatoms. The van der Waals surface area contributed by atoms with Gasteiger partial charge in [0.15, 0.2) is 4.47 Å². The molecule has 1 aliphatic rings. The maximum atomic E-state index is 9.54. The number of halogens is 1. The summed E-state index contributed by atoms with van der Waals surface area (Å²) in [6, 6.07) is 0.151. The number of rotatable bonds is 2. The van der Waals surface area contributed by atoms with Gasteiger partial charge in [0.2, 0.25) is 0 Å². The minimum absolute atomic E-state index is 0.151. The van der Waals surface area contributed by atoms with Crippen LogP contribution in [0.3, 0.4) is 0 Å². The Morgan fingerprint density at radius 1 is 1.62 bits per heavy atom. The number of aromatic nitrogens is 1. The van der Waals surface area contributed by atoms with Gasteiger partial charge in [0.25, 0.3) is 0 Å². The van der Waals surface area contributed by atoms with Crippen LogP contribution in [-0.2, 0) is 0 Å². The fourth-order valence-electron chi connectivity index (χ4n) is 1.62. The van der Waals surface area contributed by atoms with E-state index in [4.69, 9.17) is 11.6 Å². The van der Waals surface area contributed by atoms with Crippen LogP contribution in [0.15, 0.2) is 5.38 Å². The van der Waals surface area contributed by atoms with Crippen LogP contribution in [0.4, 0.5) is 5.82 Å². The van der Waals surface area contributed by atoms with Crippen molar-refractivity contribution < 1.29 is 5.11 Å². The summed E-state index contributed by atoms with van der Waals surface area (Å²) in [5.41, 5.74) is 0. The molecule has 0 saturated heterocycles. The first-order valence-electron chi connectivity index (χ1n) is 4.31. The molecule has 2 atom stereocenters. The number of nitrogens with one attached hydrogen (secondary N) is 1. The van der Waals surface area contributed by atoms with Crippen molar-refractivity contribution in [3.63, 3.8) is 0 Å². The predicted octanol–water partition coefficient (Wildman–Crippen LogP) is 2.12. The summed E-state index contributed by atoms with van der Waals surface area (Å²) in [6.07, 6.45) is 2.74. The van der Waals surface area contributed by atoms with Crippen LogP contribution in [-0.4, -0.2) is 22.2 Å². The van der Waals surface area contributed by atoms with Crippen molar-refractivity contribution in [2.75, 3.05) is 5.32 Å². The third-order valence-corrected chi connectivity index (χ3v) is 3.27. The van der Waals surface area contributed by atoms with E-state index in [0.717, 1.165) is 25.1 Å². The third kappa shape index (κ3) is 2.13. The fourth-order valence-corrected chi connectivity index (χ4v) is 2.32. The van der Waals surface area contributed by atoms with Crippen LogP contribution in [0.1, 0.15) is 19.3 Å². The third-order valence-electron chi connectivity index (χ3n) is 2.29. The Balaban J connectivity index is 1.97. The lowest BCUT2D eigenvalue weighted by Crippen LogP contribution is -2.27. The molecule has 1 aromatic heterocycles. The summed E-state index contributed by atoms with van der Waals surface area (Å²) >= 11 is 7.09. The number of anilines is 1. The summed E-state index contributed by atoms with van der Waals surface area (Å²) in [5.74, 6) is 0.779. The Bertz CT molecular complexity index is 291. The van der Waals surface area contributed by atoms with E-state index in [1.807, 2.05) is 5.38 Å². The van der Waals surface area contributed by atoms with Gasteiger partial charge in [-0.2, -0.15) is 0 Å². The van der Waals surface area contributed by atoms with Crippen molar-refractivity contribution in [2.45, 2.75) is 31.4 Å². The topological polar surface area (TPSA) is 45.1 Å². The highest BCUT2D eigenvalue weighted by Crippen LogP contribution is 2.25. The van der Waals surface area contributed by atoms with E-state index in [2.05, 4.69) is 10.3 Å². The van der Waals surface area contributed by atoms with Crippen molar-refractivity contribution in [1.29, 1.82) is 0 Å². The van der Waals surface area contributed by atoms with E-state index in [1.165, 1.54) is 11.3 Å². The molecule has 0 aromatic carbocycles. The lowest BCUT2D eigenvalue weighted by Gasteiger charge is -2.15. The normalized spacial score (nSPS) is 27.8. The number of aliphatic hydroxyl groups excluding tert-OH is 1. The Labute approximate surface area is 85.8 Å². The average Bonchev–Trinajstić information content (AvgIpc) is 2.64. The zero-order valence-corrected chi connectivity index (χ0v) is 8.61. The SMILES string of the molecule is OC1CCCC1Nc1csc(Cl)n1.